The van der Waals surface area contributed by atoms with Crippen LogP contribution < -0.4 is 5.73 Å². The zero-order valence-electron chi connectivity index (χ0n) is 25.7. The van der Waals surface area contributed by atoms with E-state index in [0.29, 0.717) is 16.9 Å². The number of allylic oxidation sites excluding steroid dienone is 1. The first kappa shape index (κ1) is 32.1. The van der Waals surface area contributed by atoms with E-state index in [-0.39, 0.29) is 6.42 Å². The molecule has 2 unspecified atom stereocenters. The molecular formula is C33H58NO5+. The minimum Gasteiger partial charge on any atom is -0.481 e. The van der Waals surface area contributed by atoms with Gasteiger partial charge in [0, 0.05) is 12.8 Å². The third kappa shape index (κ3) is 6.74. The summed E-state index contributed by atoms with van der Waals surface area (Å²) < 4.78 is 0. The van der Waals surface area contributed by atoms with Crippen LogP contribution in [0.5, 0.6) is 0 Å². The zero-order valence-corrected chi connectivity index (χ0v) is 25.7. The number of carboxylic acid groups (broad SMARTS) is 2. The van der Waals surface area contributed by atoms with Crippen molar-refractivity contribution in [1.29, 1.82) is 0 Å². The normalized spacial score (nSPS) is 37.8. The van der Waals surface area contributed by atoms with Crippen molar-refractivity contribution in [3.8, 4) is 0 Å². The molecule has 224 valence electrons. The fraction of sp³-hybridized carbons (Fsp3) is 0.879. The number of rotatable bonds is 9. The summed E-state index contributed by atoms with van der Waals surface area (Å²) in [6.45, 7) is 14.1. The molecule has 0 aromatic heterocycles. The lowest BCUT2D eigenvalue weighted by atomic mass is 9.47. The summed E-state index contributed by atoms with van der Waals surface area (Å²) >= 11 is 0. The maximum Gasteiger partial charge on any atom is 0.336 e. The Kier molecular flexibility index (Phi) is 10.4. The lowest BCUT2D eigenvalue weighted by Crippen LogP contribution is -2.64. The molecule has 9 atom stereocenters. The summed E-state index contributed by atoms with van der Waals surface area (Å²) in [6, 6.07) is 0.673. The minimum atomic E-state index is -2.12. The Labute approximate surface area is 237 Å². The van der Waals surface area contributed by atoms with Gasteiger partial charge in [-0.3, -0.25) is 4.79 Å². The Morgan fingerprint density at radius 2 is 1.74 bits per heavy atom. The van der Waals surface area contributed by atoms with Crippen LogP contribution in [0.1, 0.15) is 125 Å². The van der Waals surface area contributed by atoms with Crippen LogP contribution in [0.25, 0.3) is 0 Å². The van der Waals surface area contributed by atoms with E-state index >= 15 is 0 Å². The van der Waals surface area contributed by atoms with Crippen molar-refractivity contribution < 1.29 is 30.6 Å². The van der Waals surface area contributed by atoms with Gasteiger partial charge in [-0.05, 0) is 91.3 Å². The summed E-state index contributed by atoms with van der Waals surface area (Å²) in [7, 11) is 0. The number of quaternary nitrogens is 1. The summed E-state index contributed by atoms with van der Waals surface area (Å²) in [4.78, 5) is 20.3. The van der Waals surface area contributed by atoms with E-state index in [0.717, 1.165) is 35.5 Å². The summed E-state index contributed by atoms with van der Waals surface area (Å²) in [5.74, 6) is 2.90. The lowest BCUT2D eigenvalue weighted by Gasteiger charge is -2.58. The van der Waals surface area contributed by atoms with E-state index in [2.05, 4.69) is 46.4 Å². The molecule has 3 fully saturated rings. The number of aliphatic carboxylic acids is 2. The Balaban J connectivity index is 0.000000325. The molecule has 0 aromatic carbocycles. The summed E-state index contributed by atoms with van der Waals surface area (Å²) in [5.41, 5.74) is 5.24. The van der Waals surface area contributed by atoms with Crippen molar-refractivity contribution in [3.05, 3.63) is 11.6 Å². The topological polar surface area (TPSA) is 122 Å². The first-order valence-corrected chi connectivity index (χ1v) is 15.9. The molecule has 3 saturated carbocycles. The molecule has 0 aliphatic heterocycles. The van der Waals surface area contributed by atoms with Crippen molar-refractivity contribution >= 4 is 11.9 Å². The first-order chi connectivity index (χ1) is 18.2. The highest BCUT2D eigenvalue weighted by atomic mass is 16.4. The smallest absolute Gasteiger partial charge is 0.336 e. The fourth-order valence-corrected chi connectivity index (χ4v) is 9.36. The van der Waals surface area contributed by atoms with E-state index in [1.54, 1.807) is 5.57 Å². The number of hydrogen-bond acceptors (Lipinski definition) is 3. The van der Waals surface area contributed by atoms with Crippen LogP contribution in [0.2, 0.25) is 0 Å². The molecular weight excluding hydrogens is 490 g/mol. The molecule has 39 heavy (non-hydrogen) atoms. The van der Waals surface area contributed by atoms with Gasteiger partial charge in [-0.2, -0.15) is 0 Å². The van der Waals surface area contributed by atoms with Crippen molar-refractivity contribution in [2.45, 2.75) is 137 Å². The molecule has 0 amide bonds. The third-order valence-electron chi connectivity index (χ3n) is 11.8. The highest BCUT2D eigenvalue weighted by molar-refractivity contribution is 5.83. The van der Waals surface area contributed by atoms with Crippen LogP contribution in [-0.4, -0.2) is 38.9 Å². The molecule has 6 N–H and O–H groups in total. The van der Waals surface area contributed by atoms with Crippen molar-refractivity contribution in [3.63, 3.8) is 0 Å². The second-order valence-electron chi connectivity index (χ2n) is 14.7. The third-order valence-corrected chi connectivity index (χ3v) is 11.8. The molecule has 0 bridgehead atoms. The molecule has 0 aromatic rings. The second-order valence-corrected chi connectivity index (χ2v) is 14.7. The molecule has 0 saturated heterocycles. The summed E-state index contributed by atoms with van der Waals surface area (Å²) in [5, 5.41) is 25.7. The maximum atomic E-state index is 10.3. The van der Waals surface area contributed by atoms with Crippen LogP contribution in [0, 0.1) is 46.3 Å². The molecule has 6 heteroatoms. The maximum absolute atomic E-state index is 10.3. The molecule has 6 nitrogen and oxygen atoms in total. The van der Waals surface area contributed by atoms with Gasteiger partial charge < -0.3 is 21.1 Å². The van der Waals surface area contributed by atoms with E-state index in [9.17, 15) is 9.59 Å². The van der Waals surface area contributed by atoms with Crippen LogP contribution in [-0.2, 0) is 9.59 Å². The molecule has 0 radical (unpaired) electrons. The lowest BCUT2D eigenvalue weighted by molar-refractivity contribution is -0.425. The number of carbonyl (C=O) groups is 2. The Bertz CT molecular complexity index is 901. The van der Waals surface area contributed by atoms with Gasteiger partial charge in [0.2, 0.25) is 0 Å². The predicted octanol–water partition coefficient (Wildman–Crippen LogP) is 6.33. The van der Waals surface area contributed by atoms with Crippen LogP contribution in [0.15, 0.2) is 11.6 Å². The Morgan fingerprint density at radius 1 is 1.05 bits per heavy atom. The average Bonchev–Trinajstić information content (AvgIpc) is 3.21. The predicted molar refractivity (Wildman–Crippen MR) is 155 cm³/mol. The van der Waals surface area contributed by atoms with Gasteiger partial charge in [0.25, 0.3) is 0 Å². The van der Waals surface area contributed by atoms with Crippen LogP contribution in [0.3, 0.4) is 0 Å². The van der Waals surface area contributed by atoms with Crippen molar-refractivity contribution in [2.75, 3.05) is 0 Å². The zero-order chi connectivity index (χ0) is 29.2. The standard InChI is InChI=1S/C27H47N.C6H10O5/c1-18(2)7-6-8-19(3)23-11-12-24-22-10-9-20-17-21(28)13-15-26(20,4)25(22)14-16-27(23,24)5;1-2-6(11,5(9)10)3-4(7)8/h9,18-19,21-25H,6-8,10-17,28H2,1-5H3;11H,2-3H2,1H3,(H,7,8)(H,9,10)/p+1/t19?,21-,22+,23-,24+,25+,26+,27-;/m1./s1. The first-order valence-electron chi connectivity index (χ1n) is 15.9. The second kappa shape index (κ2) is 12.6. The van der Waals surface area contributed by atoms with E-state index in [4.69, 9.17) is 15.3 Å². The highest BCUT2D eigenvalue weighted by Gasteiger charge is 2.59. The number of aliphatic hydroxyl groups is 1. The molecule has 4 rings (SSSR count). The van der Waals surface area contributed by atoms with Gasteiger partial charge >= 0.3 is 11.9 Å². The van der Waals surface area contributed by atoms with Crippen molar-refractivity contribution in [1.82, 2.24) is 0 Å². The highest BCUT2D eigenvalue weighted by Crippen LogP contribution is 2.67. The molecule has 0 heterocycles. The quantitative estimate of drug-likeness (QED) is 0.251. The minimum absolute atomic E-state index is 0.116. The van der Waals surface area contributed by atoms with Gasteiger partial charge in [-0.1, -0.05) is 72.5 Å². The molecule has 0 spiro atoms. The summed E-state index contributed by atoms with van der Waals surface area (Å²) in [6.07, 6.45) is 17.6. The van der Waals surface area contributed by atoms with Gasteiger partial charge in [0.15, 0.2) is 5.60 Å². The van der Waals surface area contributed by atoms with E-state index < -0.39 is 24.0 Å². The monoisotopic (exact) mass is 548 g/mol. The van der Waals surface area contributed by atoms with Gasteiger partial charge in [-0.15, -0.1) is 0 Å². The number of hydrogen-bond donors (Lipinski definition) is 4. The van der Waals surface area contributed by atoms with E-state index in [1.165, 1.54) is 77.6 Å². The van der Waals surface area contributed by atoms with Gasteiger partial charge in [-0.25, -0.2) is 4.79 Å². The Morgan fingerprint density at radius 3 is 2.31 bits per heavy atom. The van der Waals surface area contributed by atoms with Crippen LogP contribution in [0.4, 0.5) is 0 Å². The fourth-order valence-electron chi connectivity index (χ4n) is 9.36. The SMILES string of the molecule is CC(C)CCCC(C)[C@H]1CC[C@H]2[C@@H]3CC=C4C[C@H]([NH3+])CC[C@]4(C)[C@H]3CC[C@]12C.CCC(O)(CC(=O)O)C(=O)O. The molecule has 4 aliphatic carbocycles. The van der Waals surface area contributed by atoms with Gasteiger partial charge in [0.1, 0.15) is 0 Å². The number of fused-ring (bicyclic) bond motifs is 5. The van der Waals surface area contributed by atoms with Crippen molar-refractivity contribution in [2.24, 2.45) is 46.3 Å². The largest absolute Gasteiger partial charge is 0.481 e. The number of carboxylic acids is 2. The Hall–Kier alpha value is -1.40. The van der Waals surface area contributed by atoms with E-state index in [1.807, 2.05) is 0 Å². The van der Waals surface area contributed by atoms with Crippen LogP contribution >= 0.6 is 0 Å². The van der Waals surface area contributed by atoms with Gasteiger partial charge in [0.05, 0.1) is 12.5 Å². The average molecular weight is 549 g/mol. The molecule has 4 aliphatic rings.